The van der Waals surface area contributed by atoms with E-state index in [-0.39, 0.29) is 10.8 Å². The fourth-order valence-corrected chi connectivity index (χ4v) is 8.95. The van der Waals surface area contributed by atoms with Crippen LogP contribution in [0.2, 0.25) is 0 Å². The second-order valence-corrected chi connectivity index (χ2v) is 10.7. The lowest BCUT2D eigenvalue weighted by molar-refractivity contribution is -0.206. The van der Waals surface area contributed by atoms with Gasteiger partial charge in [-0.3, -0.25) is 4.79 Å². The van der Waals surface area contributed by atoms with E-state index in [2.05, 4.69) is 29.8 Å². The van der Waals surface area contributed by atoms with E-state index in [1.165, 1.54) is 12.8 Å². The van der Waals surface area contributed by atoms with Crippen molar-refractivity contribution < 1.29 is 14.6 Å². The van der Waals surface area contributed by atoms with Crippen LogP contribution in [0.25, 0.3) is 0 Å². The minimum absolute atomic E-state index is 0.0624. The quantitative estimate of drug-likeness (QED) is 0.550. The summed E-state index contributed by atoms with van der Waals surface area (Å²) in [5.41, 5.74) is -0.793. The van der Waals surface area contributed by atoms with Gasteiger partial charge >= 0.3 is 0 Å². The number of hydrogen-bond acceptors (Lipinski definition) is 3. The molecule has 0 aromatic carbocycles. The minimum Gasteiger partial charge on any atom is -0.390 e. The maximum Gasteiger partial charge on any atom is 0.150 e. The molecule has 1 saturated heterocycles. The Kier molecular flexibility index (Phi) is 3.66. The van der Waals surface area contributed by atoms with E-state index >= 15 is 0 Å². The van der Waals surface area contributed by atoms with E-state index in [0.717, 1.165) is 38.5 Å². The first kappa shape index (κ1) is 17.2. The number of carbonyl (C=O) groups is 1. The molecule has 9 atom stereocenters. The molecule has 0 spiro atoms. The Morgan fingerprint density at radius 2 is 1.92 bits per heavy atom. The number of Topliss-reactive ketones (excluding diaryl/α,β-unsaturated/α-hetero) is 1. The van der Waals surface area contributed by atoms with Gasteiger partial charge in [-0.05, 0) is 81.0 Å². The fraction of sp³-hybridized carbons (Fsp3) is 0.952. The van der Waals surface area contributed by atoms with Crippen molar-refractivity contribution in [2.75, 3.05) is 5.33 Å². The molecule has 3 unspecified atom stereocenters. The molecule has 4 saturated carbocycles. The molecule has 5 rings (SSSR count). The highest BCUT2D eigenvalue weighted by molar-refractivity contribution is 9.09. The van der Waals surface area contributed by atoms with E-state index in [9.17, 15) is 9.90 Å². The molecule has 0 aromatic heterocycles. The maximum atomic E-state index is 13.5. The molecule has 0 radical (unpaired) electrons. The van der Waals surface area contributed by atoms with E-state index in [4.69, 9.17) is 4.74 Å². The zero-order valence-corrected chi connectivity index (χ0v) is 17.1. The van der Waals surface area contributed by atoms with E-state index < -0.39 is 5.60 Å². The van der Waals surface area contributed by atoms with E-state index in [1.54, 1.807) is 0 Å². The predicted octanol–water partition coefficient (Wildman–Crippen LogP) is 4.10. The first-order chi connectivity index (χ1) is 11.8. The van der Waals surface area contributed by atoms with Gasteiger partial charge in [0.15, 0.2) is 0 Å². The second kappa shape index (κ2) is 5.32. The molecule has 0 bridgehead atoms. The number of aliphatic hydroxyl groups is 1. The normalized spacial score (nSPS) is 59.4. The van der Waals surface area contributed by atoms with Crippen LogP contribution in [-0.2, 0) is 9.53 Å². The van der Waals surface area contributed by atoms with Crippen molar-refractivity contribution in [1.82, 2.24) is 0 Å². The maximum absolute atomic E-state index is 13.5. The second-order valence-electron chi connectivity index (χ2n) is 10.2. The van der Waals surface area contributed by atoms with Crippen LogP contribution < -0.4 is 0 Å². The van der Waals surface area contributed by atoms with Gasteiger partial charge in [0.1, 0.15) is 5.78 Å². The Bertz CT molecular complexity index is 604. The first-order valence-electron chi connectivity index (χ1n) is 10.3. The van der Waals surface area contributed by atoms with Gasteiger partial charge in [-0.2, -0.15) is 0 Å². The third kappa shape index (κ3) is 2.03. The van der Waals surface area contributed by atoms with Crippen molar-refractivity contribution in [3.05, 3.63) is 0 Å². The Morgan fingerprint density at radius 1 is 1.16 bits per heavy atom. The highest BCUT2D eigenvalue weighted by Gasteiger charge is 2.74. The molecule has 1 heterocycles. The van der Waals surface area contributed by atoms with Crippen molar-refractivity contribution in [3.63, 3.8) is 0 Å². The highest BCUT2D eigenvalue weighted by atomic mass is 79.9. The van der Waals surface area contributed by atoms with Crippen molar-refractivity contribution >= 4 is 21.7 Å². The summed E-state index contributed by atoms with van der Waals surface area (Å²) in [6.45, 7) is 4.46. The summed E-state index contributed by atoms with van der Waals surface area (Å²) in [4.78, 5) is 13.5. The molecule has 4 aliphatic carbocycles. The molecule has 5 aliphatic rings. The van der Waals surface area contributed by atoms with Gasteiger partial charge in [-0.15, -0.1) is 0 Å². The SMILES string of the molecule is C[C@]12CC3O[C@@H]3[C@H]1CCC1C3[C@@H](CCC[C@@]3(C)O)CC[C@]12C(=O)CBr. The predicted molar refractivity (Wildman–Crippen MR) is 99.5 cm³/mol. The molecule has 3 nitrogen and oxygen atoms in total. The van der Waals surface area contributed by atoms with Gasteiger partial charge in [0, 0.05) is 5.41 Å². The number of epoxide rings is 1. The van der Waals surface area contributed by atoms with Crippen LogP contribution >= 0.6 is 15.9 Å². The number of ketones is 1. The fourth-order valence-electron chi connectivity index (χ4n) is 8.45. The van der Waals surface area contributed by atoms with Crippen LogP contribution in [0.1, 0.15) is 65.2 Å². The zero-order chi connectivity index (χ0) is 17.6. The number of alkyl halides is 1. The largest absolute Gasteiger partial charge is 0.390 e. The summed E-state index contributed by atoms with van der Waals surface area (Å²) in [7, 11) is 0. The van der Waals surface area contributed by atoms with Gasteiger partial charge in [-0.25, -0.2) is 0 Å². The Balaban J connectivity index is 1.62. The molecule has 0 aromatic rings. The van der Waals surface area contributed by atoms with E-state index in [0.29, 0.717) is 47.0 Å². The number of fused-ring (bicyclic) bond motifs is 7. The highest BCUT2D eigenvalue weighted by Crippen LogP contribution is 2.74. The Morgan fingerprint density at radius 3 is 2.68 bits per heavy atom. The molecular formula is C21H31BrO3. The van der Waals surface area contributed by atoms with Crippen LogP contribution in [0.4, 0.5) is 0 Å². The molecule has 1 N–H and O–H groups in total. The number of hydrogen-bond donors (Lipinski definition) is 1. The molecule has 140 valence electrons. The lowest BCUT2D eigenvalue weighted by Crippen LogP contribution is -2.65. The molecular weight excluding hydrogens is 380 g/mol. The van der Waals surface area contributed by atoms with Gasteiger partial charge in [0.05, 0.1) is 23.1 Å². The molecule has 5 fully saturated rings. The average Bonchev–Trinajstić information content (AvgIpc) is 3.25. The number of ether oxygens (including phenoxy) is 1. The topological polar surface area (TPSA) is 49.8 Å². The summed E-state index contributed by atoms with van der Waals surface area (Å²) < 4.78 is 5.90. The van der Waals surface area contributed by atoms with Crippen LogP contribution in [0.3, 0.4) is 0 Å². The standard InChI is InChI=1S/C21H31BrO3/c1-19-10-15-18(25-15)14(19)6-5-13-17-12(4-3-8-20(17,2)24)7-9-21(13,19)16(23)11-22/h12-15,17-18,24H,3-11H2,1-2H3/t12-,13?,14+,15?,17?,18+,19-,20+,21+/m0/s1. The number of rotatable bonds is 2. The smallest absolute Gasteiger partial charge is 0.150 e. The van der Waals surface area contributed by atoms with Gasteiger partial charge in [-0.1, -0.05) is 29.3 Å². The Labute approximate surface area is 159 Å². The molecule has 1 aliphatic heterocycles. The number of halogens is 1. The van der Waals surface area contributed by atoms with Gasteiger partial charge < -0.3 is 9.84 Å². The molecule has 25 heavy (non-hydrogen) atoms. The van der Waals surface area contributed by atoms with Crippen molar-refractivity contribution in [2.45, 2.75) is 83.0 Å². The van der Waals surface area contributed by atoms with Crippen molar-refractivity contribution in [1.29, 1.82) is 0 Å². The lowest BCUT2D eigenvalue weighted by Gasteiger charge is -2.65. The molecule has 4 heteroatoms. The van der Waals surface area contributed by atoms with Crippen molar-refractivity contribution in [2.24, 2.45) is 34.5 Å². The van der Waals surface area contributed by atoms with Gasteiger partial charge in [0.25, 0.3) is 0 Å². The minimum atomic E-state index is -0.604. The zero-order valence-electron chi connectivity index (χ0n) is 15.5. The monoisotopic (exact) mass is 410 g/mol. The number of carbonyl (C=O) groups excluding carboxylic acids is 1. The summed E-state index contributed by atoms with van der Waals surface area (Å²) in [6, 6.07) is 0. The third-order valence-corrected chi connectivity index (χ3v) is 9.86. The van der Waals surface area contributed by atoms with Crippen LogP contribution in [0.15, 0.2) is 0 Å². The first-order valence-corrected chi connectivity index (χ1v) is 11.4. The van der Waals surface area contributed by atoms with Crippen LogP contribution in [0.5, 0.6) is 0 Å². The molecule has 0 amide bonds. The summed E-state index contributed by atoms with van der Waals surface area (Å²) >= 11 is 3.53. The average molecular weight is 411 g/mol. The van der Waals surface area contributed by atoms with Crippen LogP contribution in [-0.4, -0.2) is 34.0 Å². The van der Waals surface area contributed by atoms with Crippen LogP contribution in [0, 0.1) is 34.5 Å². The lowest BCUT2D eigenvalue weighted by atomic mass is 9.39. The Hall–Kier alpha value is 0.0700. The summed E-state index contributed by atoms with van der Waals surface area (Å²) in [5, 5.41) is 11.8. The van der Waals surface area contributed by atoms with Crippen molar-refractivity contribution in [3.8, 4) is 0 Å². The van der Waals surface area contributed by atoms with Gasteiger partial charge in [0.2, 0.25) is 0 Å². The third-order valence-electron chi connectivity index (χ3n) is 9.35. The summed E-state index contributed by atoms with van der Waals surface area (Å²) in [5.74, 6) is 2.21. The summed E-state index contributed by atoms with van der Waals surface area (Å²) in [6.07, 6.45) is 9.58. The van der Waals surface area contributed by atoms with E-state index in [1.807, 2.05) is 0 Å².